The van der Waals surface area contributed by atoms with Crippen molar-refractivity contribution in [3.63, 3.8) is 0 Å². The van der Waals surface area contributed by atoms with E-state index in [1.54, 1.807) is 6.07 Å². The Morgan fingerprint density at radius 3 is 2.95 bits per heavy atom. The van der Waals surface area contributed by atoms with Gasteiger partial charge in [-0.3, -0.25) is 4.90 Å². The summed E-state index contributed by atoms with van der Waals surface area (Å²) < 4.78 is 13.2. The molecule has 0 atom stereocenters. The second-order valence-electron chi connectivity index (χ2n) is 5.74. The van der Waals surface area contributed by atoms with Crippen LogP contribution in [-0.4, -0.2) is 41.5 Å². The fraction of sp³-hybridized carbons (Fsp3) is 0.533. The van der Waals surface area contributed by atoms with E-state index in [9.17, 15) is 4.39 Å². The lowest BCUT2D eigenvalue weighted by atomic mass is 9.98. The number of aromatic nitrogens is 2. The van der Waals surface area contributed by atoms with Crippen LogP contribution in [0.3, 0.4) is 0 Å². The summed E-state index contributed by atoms with van der Waals surface area (Å²) in [6, 6.07) is 4.67. The Bertz CT molecular complexity index is 574. The number of imidazole rings is 1. The topological polar surface area (TPSA) is 44.0 Å². The number of rotatable bonds is 4. The molecular weight excluding hydrogens is 255 g/mol. The smallest absolute Gasteiger partial charge is 0.125 e. The molecule has 0 radical (unpaired) electrons. The van der Waals surface area contributed by atoms with E-state index in [2.05, 4.69) is 27.2 Å². The predicted molar refractivity (Wildman–Crippen MR) is 78.0 cm³/mol. The molecule has 5 heteroatoms. The highest BCUT2D eigenvalue weighted by Crippen LogP contribution is 2.16. The molecule has 4 nitrogen and oxygen atoms in total. The van der Waals surface area contributed by atoms with Gasteiger partial charge in [-0.2, -0.15) is 0 Å². The highest BCUT2D eigenvalue weighted by molar-refractivity contribution is 5.74. The van der Waals surface area contributed by atoms with E-state index >= 15 is 0 Å². The second-order valence-corrected chi connectivity index (χ2v) is 5.74. The number of H-pyrrole nitrogens is 1. The zero-order chi connectivity index (χ0) is 13.9. The van der Waals surface area contributed by atoms with Crippen molar-refractivity contribution >= 4 is 11.0 Å². The summed E-state index contributed by atoms with van der Waals surface area (Å²) in [7, 11) is 2.12. The number of nitrogens with zero attached hydrogens (tertiary/aromatic N) is 2. The molecule has 0 spiro atoms. The second kappa shape index (κ2) is 5.89. The maximum atomic E-state index is 13.2. The molecule has 2 aromatic rings. The minimum absolute atomic E-state index is 0.226. The molecule has 2 heterocycles. The zero-order valence-electron chi connectivity index (χ0n) is 11.8. The van der Waals surface area contributed by atoms with Crippen molar-refractivity contribution in [2.75, 3.05) is 26.7 Å². The summed E-state index contributed by atoms with van der Waals surface area (Å²) in [5, 5.41) is 3.39. The molecule has 0 aliphatic carbocycles. The van der Waals surface area contributed by atoms with Gasteiger partial charge in [0.05, 0.1) is 17.6 Å². The van der Waals surface area contributed by atoms with E-state index in [-0.39, 0.29) is 5.82 Å². The fourth-order valence-electron chi connectivity index (χ4n) is 2.93. The van der Waals surface area contributed by atoms with Gasteiger partial charge in [-0.15, -0.1) is 0 Å². The van der Waals surface area contributed by atoms with Crippen LogP contribution in [0, 0.1) is 11.7 Å². The number of halogens is 1. The first-order chi connectivity index (χ1) is 9.70. The van der Waals surface area contributed by atoms with Crippen molar-refractivity contribution in [1.82, 2.24) is 20.2 Å². The van der Waals surface area contributed by atoms with Crippen LogP contribution in [0.15, 0.2) is 18.2 Å². The summed E-state index contributed by atoms with van der Waals surface area (Å²) in [6.45, 7) is 4.12. The first-order valence-corrected chi connectivity index (χ1v) is 7.24. The highest BCUT2D eigenvalue weighted by atomic mass is 19.1. The molecule has 2 N–H and O–H groups in total. The first-order valence-electron chi connectivity index (χ1n) is 7.24. The molecule has 1 aliphatic rings. The number of hydrogen-bond acceptors (Lipinski definition) is 3. The molecule has 0 bridgehead atoms. The van der Waals surface area contributed by atoms with Gasteiger partial charge in [-0.1, -0.05) is 0 Å². The van der Waals surface area contributed by atoms with Crippen molar-refractivity contribution < 1.29 is 4.39 Å². The quantitative estimate of drug-likeness (QED) is 0.899. The summed E-state index contributed by atoms with van der Waals surface area (Å²) in [6.07, 6.45) is 2.49. The SMILES string of the molecule is CN(Cc1nc2ccc(F)cc2[nH]1)CC1CCNCC1. The minimum Gasteiger partial charge on any atom is -0.341 e. The molecule has 0 amide bonds. The van der Waals surface area contributed by atoms with Gasteiger partial charge < -0.3 is 10.3 Å². The molecular formula is C15H21FN4. The number of piperidine rings is 1. The van der Waals surface area contributed by atoms with Crippen LogP contribution >= 0.6 is 0 Å². The molecule has 0 saturated carbocycles. The summed E-state index contributed by atoms with van der Waals surface area (Å²) in [5.41, 5.74) is 1.60. The average molecular weight is 276 g/mol. The van der Waals surface area contributed by atoms with E-state index in [4.69, 9.17) is 0 Å². The van der Waals surface area contributed by atoms with Gasteiger partial charge in [0, 0.05) is 6.54 Å². The Morgan fingerprint density at radius 2 is 2.15 bits per heavy atom. The standard InChI is InChI=1S/C15H21FN4/c1-20(9-11-4-6-17-7-5-11)10-15-18-13-3-2-12(16)8-14(13)19-15/h2-3,8,11,17H,4-7,9-10H2,1H3,(H,18,19). The molecule has 108 valence electrons. The lowest BCUT2D eigenvalue weighted by Gasteiger charge is -2.27. The van der Waals surface area contributed by atoms with Crippen LogP contribution in [0.2, 0.25) is 0 Å². The monoisotopic (exact) mass is 276 g/mol. The third-order valence-corrected chi connectivity index (χ3v) is 3.94. The number of nitrogens with one attached hydrogen (secondary N) is 2. The summed E-state index contributed by atoms with van der Waals surface area (Å²) in [5.74, 6) is 1.45. The number of aromatic amines is 1. The molecule has 1 aromatic carbocycles. The van der Waals surface area contributed by atoms with Crippen LogP contribution in [0.1, 0.15) is 18.7 Å². The molecule has 0 unspecified atom stereocenters. The van der Waals surface area contributed by atoms with Crippen molar-refractivity contribution in [2.24, 2.45) is 5.92 Å². The largest absolute Gasteiger partial charge is 0.341 e. The van der Waals surface area contributed by atoms with E-state index in [0.29, 0.717) is 0 Å². The maximum absolute atomic E-state index is 13.2. The highest BCUT2D eigenvalue weighted by Gasteiger charge is 2.15. The lowest BCUT2D eigenvalue weighted by molar-refractivity contribution is 0.231. The van der Waals surface area contributed by atoms with Crippen molar-refractivity contribution in [1.29, 1.82) is 0 Å². The predicted octanol–water partition coefficient (Wildman–Crippen LogP) is 2.13. The van der Waals surface area contributed by atoms with Gasteiger partial charge in [-0.25, -0.2) is 9.37 Å². The van der Waals surface area contributed by atoms with Crippen LogP contribution in [0.5, 0.6) is 0 Å². The van der Waals surface area contributed by atoms with Crippen molar-refractivity contribution in [3.05, 3.63) is 29.8 Å². The molecule has 1 saturated heterocycles. The maximum Gasteiger partial charge on any atom is 0.125 e. The number of fused-ring (bicyclic) bond motifs is 1. The Labute approximate surface area is 118 Å². The Kier molecular flexibility index (Phi) is 3.98. The number of benzene rings is 1. The number of hydrogen-bond donors (Lipinski definition) is 2. The van der Waals surface area contributed by atoms with Gasteiger partial charge in [0.15, 0.2) is 0 Å². The molecule has 1 fully saturated rings. The third kappa shape index (κ3) is 3.16. The molecule has 1 aromatic heterocycles. The third-order valence-electron chi connectivity index (χ3n) is 3.94. The van der Waals surface area contributed by atoms with E-state index in [1.807, 2.05) is 0 Å². The minimum atomic E-state index is -0.226. The zero-order valence-corrected chi connectivity index (χ0v) is 11.8. The average Bonchev–Trinajstić information content (AvgIpc) is 2.80. The van der Waals surface area contributed by atoms with Gasteiger partial charge in [0.1, 0.15) is 11.6 Å². The summed E-state index contributed by atoms with van der Waals surface area (Å²) >= 11 is 0. The van der Waals surface area contributed by atoms with Crippen LogP contribution in [0.25, 0.3) is 11.0 Å². The van der Waals surface area contributed by atoms with Crippen LogP contribution in [-0.2, 0) is 6.54 Å². The van der Waals surface area contributed by atoms with E-state index in [1.165, 1.54) is 25.0 Å². The molecule has 3 rings (SSSR count). The van der Waals surface area contributed by atoms with Crippen LogP contribution in [0.4, 0.5) is 4.39 Å². The van der Waals surface area contributed by atoms with Gasteiger partial charge in [0.25, 0.3) is 0 Å². The Balaban J connectivity index is 1.63. The van der Waals surface area contributed by atoms with Gasteiger partial charge in [0.2, 0.25) is 0 Å². The molecule has 1 aliphatic heterocycles. The van der Waals surface area contributed by atoms with E-state index < -0.39 is 0 Å². The lowest BCUT2D eigenvalue weighted by Crippen LogP contribution is -2.34. The van der Waals surface area contributed by atoms with Crippen LogP contribution < -0.4 is 5.32 Å². The molecule has 20 heavy (non-hydrogen) atoms. The van der Waals surface area contributed by atoms with Gasteiger partial charge in [-0.05, 0) is 57.1 Å². The Morgan fingerprint density at radius 1 is 1.35 bits per heavy atom. The normalized spacial score (nSPS) is 17.1. The van der Waals surface area contributed by atoms with Gasteiger partial charge >= 0.3 is 0 Å². The first kappa shape index (κ1) is 13.5. The van der Waals surface area contributed by atoms with E-state index in [0.717, 1.165) is 49.0 Å². The fourth-order valence-corrected chi connectivity index (χ4v) is 2.93. The Hall–Kier alpha value is -1.46. The van der Waals surface area contributed by atoms with Crippen molar-refractivity contribution in [2.45, 2.75) is 19.4 Å². The summed E-state index contributed by atoms with van der Waals surface area (Å²) in [4.78, 5) is 10.0. The van der Waals surface area contributed by atoms with Crippen molar-refractivity contribution in [3.8, 4) is 0 Å².